The lowest BCUT2D eigenvalue weighted by Gasteiger charge is -2.39. The zero-order chi connectivity index (χ0) is 22.0. The first-order valence-corrected chi connectivity index (χ1v) is 9.99. The van der Waals surface area contributed by atoms with E-state index in [0.717, 1.165) is 25.1 Å². The summed E-state index contributed by atoms with van der Waals surface area (Å²) in [5.74, 6) is -1.29. The second-order valence-corrected chi connectivity index (χ2v) is 8.35. The lowest BCUT2D eigenvalue weighted by molar-refractivity contribution is -0.896. The first kappa shape index (κ1) is 23.5. The SMILES string of the molecule is C/C=C(/C)C(=O)O[C@H]1CC[NH+]2CC=C(COC(=O)[C@@](O)([C@H](C)OC)C(C)(C)O)[C@H]12. The van der Waals surface area contributed by atoms with E-state index < -0.39 is 23.3 Å². The number of hydrogen-bond acceptors (Lipinski definition) is 7. The van der Waals surface area contributed by atoms with Gasteiger partial charge < -0.3 is 29.3 Å². The van der Waals surface area contributed by atoms with Crippen LogP contribution in [0.15, 0.2) is 23.3 Å². The van der Waals surface area contributed by atoms with Crippen LogP contribution in [0.25, 0.3) is 0 Å². The van der Waals surface area contributed by atoms with Gasteiger partial charge in [0.25, 0.3) is 0 Å². The number of nitrogens with one attached hydrogen (secondary N) is 1. The second kappa shape index (κ2) is 8.95. The smallest absolute Gasteiger partial charge is 0.344 e. The van der Waals surface area contributed by atoms with E-state index in [1.165, 1.54) is 32.8 Å². The van der Waals surface area contributed by atoms with E-state index in [1.54, 1.807) is 19.9 Å². The van der Waals surface area contributed by atoms with Crippen molar-refractivity contribution >= 4 is 11.9 Å². The van der Waals surface area contributed by atoms with E-state index in [1.807, 2.05) is 6.08 Å². The van der Waals surface area contributed by atoms with Crippen LogP contribution in [-0.4, -0.2) is 78.4 Å². The Bertz CT molecular complexity index is 694. The molecule has 5 atom stereocenters. The van der Waals surface area contributed by atoms with E-state index in [4.69, 9.17) is 14.2 Å². The number of methoxy groups -OCH3 is 1. The predicted molar refractivity (Wildman–Crippen MR) is 105 cm³/mol. The van der Waals surface area contributed by atoms with Crippen LogP contribution in [-0.2, 0) is 23.8 Å². The van der Waals surface area contributed by atoms with Crippen molar-refractivity contribution < 1.29 is 38.9 Å². The zero-order valence-corrected chi connectivity index (χ0v) is 18.2. The quantitative estimate of drug-likeness (QED) is 0.281. The predicted octanol–water partition coefficient (Wildman–Crippen LogP) is -0.458. The topological polar surface area (TPSA) is 107 Å². The van der Waals surface area contributed by atoms with Crippen LogP contribution in [0.1, 0.15) is 41.0 Å². The summed E-state index contributed by atoms with van der Waals surface area (Å²) >= 11 is 0. The minimum absolute atomic E-state index is 0.0432. The number of carbonyl (C=O) groups is 2. The number of allylic oxidation sites excluding steroid dienone is 1. The monoisotopic (exact) mass is 412 g/mol. The Balaban J connectivity index is 2.08. The summed E-state index contributed by atoms with van der Waals surface area (Å²) in [6.45, 7) is 9.24. The molecule has 2 heterocycles. The van der Waals surface area contributed by atoms with Gasteiger partial charge >= 0.3 is 11.9 Å². The number of esters is 2. The number of rotatable bonds is 8. The highest BCUT2D eigenvalue weighted by Gasteiger charge is 2.55. The third-order valence-corrected chi connectivity index (χ3v) is 6.16. The number of quaternary nitrogens is 1. The van der Waals surface area contributed by atoms with Crippen molar-refractivity contribution in [1.82, 2.24) is 0 Å². The highest BCUT2D eigenvalue weighted by molar-refractivity contribution is 5.87. The van der Waals surface area contributed by atoms with Gasteiger partial charge in [-0.15, -0.1) is 0 Å². The van der Waals surface area contributed by atoms with Crippen LogP contribution in [0.5, 0.6) is 0 Å². The summed E-state index contributed by atoms with van der Waals surface area (Å²) in [6.07, 6.45) is 3.18. The molecule has 2 aliphatic rings. The maximum absolute atomic E-state index is 12.7. The van der Waals surface area contributed by atoms with Gasteiger partial charge in [0.15, 0.2) is 12.1 Å². The van der Waals surface area contributed by atoms with Crippen molar-refractivity contribution in [1.29, 1.82) is 0 Å². The Morgan fingerprint density at radius 3 is 2.59 bits per heavy atom. The zero-order valence-electron chi connectivity index (χ0n) is 18.2. The van der Waals surface area contributed by atoms with Crippen LogP contribution in [0.4, 0.5) is 0 Å². The first-order valence-electron chi connectivity index (χ1n) is 9.99. The van der Waals surface area contributed by atoms with Crippen LogP contribution in [0.3, 0.4) is 0 Å². The fraction of sp³-hybridized carbons (Fsp3) is 0.714. The van der Waals surface area contributed by atoms with E-state index in [0.29, 0.717) is 5.57 Å². The molecule has 1 unspecified atom stereocenters. The molecule has 3 N–H and O–H groups in total. The molecule has 8 nitrogen and oxygen atoms in total. The van der Waals surface area contributed by atoms with Crippen LogP contribution >= 0.6 is 0 Å². The highest BCUT2D eigenvalue weighted by atomic mass is 16.6. The van der Waals surface area contributed by atoms with Gasteiger partial charge in [-0.3, -0.25) is 0 Å². The normalized spacial score (nSPS) is 27.7. The van der Waals surface area contributed by atoms with Gasteiger partial charge in [0, 0.05) is 24.7 Å². The molecule has 2 rings (SSSR count). The van der Waals surface area contributed by atoms with Gasteiger partial charge in [-0.2, -0.15) is 0 Å². The molecule has 0 amide bonds. The lowest BCUT2D eigenvalue weighted by atomic mass is 9.81. The van der Waals surface area contributed by atoms with Crippen molar-refractivity contribution in [2.24, 2.45) is 0 Å². The van der Waals surface area contributed by atoms with Crippen LogP contribution in [0, 0.1) is 0 Å². The Morgan fingerprint density at radius 1 is 1.38 bits per heavy atom. The van der Waals surface area contributed by atoms with Crippen molar-refractivity contribution in [3.8, 4) is 0 Å². The summed E-state index contributed by atoms with van der Waals surface area (Å²) in [7, 11) is 1.35. The Kier molecular flexibility index (Phi) is 7.27. The third-order valence-electron chi connectivity index (χ3n) is 6.16. The molecule has 1 saturated heterocycles. The largest absolute Gasteiger partial charge is 0.459 e. The molecule has 164 valence electrons. The molecular weight excluding hydrogens is 378 g/mol. The maximum atomic E-state index is 12.7. The van der Waals surface area contributed by atoms with Crippen LogP contribution < -0.4 is 4.90 Å². The van der Waals surface area contributed by atoms with Crippen molar-refractivity contribution in [3.63, 3.8) is 0 Å². The number of hydrogen-bond donors (Lipinski definition) is 3. The second-order valence-electron chi connectivity index (χ2n) is 8.35. The van der Waals surface area contributed by atoms with E-state index in [2.05, 4.69) is 0 Å². The fourth-order valence-corrected chi connectivity index (χ4v) is 4.00. The van der Waals surface area contributed by atoms with Gasteiger partial charge in [0.2, 0.25) is 5.60 Å². The number of ether oxygens (including phenoxy) is 3. The summed E-state index contributed by atoms with van der Waals surface area (Å²) in [6, 6.07) is -0.0773. The third kappa shape index (κ3) is 4.55. The van der Waals surface area contributed by atoms with Gasteiger partial charge in [-0.1, -0.05) is 6.08 Å². The molecule has 8 heteroatoms. The Labute approximate surface area is 172 Å². The maximum Gasteiger partial charge on any atom is 0.344 e. The Morgan fingerprint density at radius 2 is 2.03 bits per heavy atom. The summed E-state index contributed by atoms with van der Waals surface area (Å²) in [5.41, 5.74) is -2.59. The standard InChI is InChI=1S/C21H33NO7/c1-7-13(2)18(23)29-16-9-11-22-10-8-15(17(16)22)12-28-19(24)21(26,14(3)27-6)20(4,5)25/h7-8,14,16-17,25-26H,9-12H2,1-6H3/p+1/b13-7-/t14-,16-,17+,21-/m0/s1. The van der Waals surface area contributed by atoms with Gasteiger partial charge in [-0.25, -0.2) is 9.59 Å². The molecule has 0 spiro atoms. The Hall–Kier alpha value is -1.74. The molecule has 2 aliphatic heterocycles. The molecule has 29 heavy (non-hydrogen) atoms. The molecule has 0 aromatic carbocycles. The molecule has 0 aromatic heterocycles. The highest BCUT2D eigenvalue weighted by Crippen LogP contribution is 2.29. The summed E-state index contributed by atoms with van der Waals surface area (Å²) < 4.78 is 16.2. The van der Waals surface area contributed by atoms with Crippen molar-refractivity contribution in [2.45, 2.75) is 70.5 Å². The van der Waals surface area contributed by atoms with Crippen LogP contribution in [0.2, 0.25) is 0 Å². The van der Waals surface area contributed by atoms with Crippen molar-refractivity contribution in [3.05, 3.63) is 23.3 Å². The van der Waals surface area contributed by atoms with Crippen molar-refractivity contribution in [2.75, 3.05) is 26.8 Å². The average Bonchev–Trinajstić information content (AvgIpc) is 3.26. The minimum atomic E-state index is -2.22. The molecular formula is C21H34NO7+. The number of fused-ring (bicyclic) bond motifs is 1. The fourth-order valence-electron chi connectivity index (χ4n) is 4.00. The number of aliphatic hydroxyl groups is 2. The molecule has 0 radical (unpaired) electrons. The van der Waals surface area contributed by atoms with E-state index in [-0.39, 0.29) is 24.7 Å². The molecule has 0 saturated carbocycles. The average molecular weight is 413 g/mol. The van der Waals surface area contributed by atoms with E-state index >= 15 is 0 Å². The van der Waals surface area contributed by atoms with Gasteiger partial charge in [0.05, 0.1) is 19.2 Å². The molecule has 0 aliphatic carbocycles. The van der Waals surface area contributed by atoms with Gasteiger partial charge in [-0.05, 0) is 40.7 Å². The molecule has 0 bridgehead atoms. The van der Waals surface area contributed by atoms with Gasteiger partial charge in [0.1, 0.15) is 12.2 Å². The molecule has 0 aromatic rings. The summed E-state index contributed by atoms with van der Waals surface area (Å²) in [4.78, 5) is 26.1. The number of carbonyl (C=O) groups excluding carboxylic acids is 2. The first-order chi connectivity index (χ1) is 13.5. The lowest BCUT2D eigenvalue weighted by Crippen LogP contribution is -3.12. The van der Waals surface area contributed by atoms with E-state index in [9.17, 15) is 19.8 Å². The minimum Gasteiger partial charge on any atom is -0.459 e. The molecule has 1 fully saturated rings. The summed E-state index contributed by atoms with van der Waals surface area (Å²) in [5, 5.41) is 21.2.